The minimum atomic E-state index is -2.37. The Morgan fingerprint density at radius 2 is 2.03 bits per heavy atom. The molecule has 0 bridgehead atoms. The minimum Gasteiger partial charge on any atom is -0.474 e. The van der Waals surface area contributed by atoms with Crippen molar-refractivity contribution in [1.29, 1.82) is 0 Å². The molecule has 2 aliphatic heterocycles. The molecule has 0 aliphatic carbocycles. The van der Waals surface area contributed by atoms with Crippen molar-refractivity contribution < 1.29 is 22.7 Å². The molecule has 9 nitrogen and oxygen atoms in total. The molecule has 5 rings (SSSR count). The van der Waals surface area contributed by atoms with E-state index in [1.165, 1.54) is 6.20 Å². The van der Waals surface area contributed by atoms with Gasteiger partial charge in [0.05, 0.1) is 12.2 Å². The molecule has 0 saturated carbocycles. The number of ether oxygens (including phenoxy) is 1. The first-order valence-electron chi connectivity index (χ1n) is 12.1. The molecular formula is C25H28F3N7O2. The van der Waals surface area contributed by atoms with Crippen molar-refractivity contribution in [2.24, 2.45) is 0 Å². The number of halogens is 3. The standard InChI is InChI=1S/C25H28F3N7O2/c1-13-17(10-32-24-23(13)30-4-7-37-24)16-8-14-9-20(31-11-18(14)22(29)21(16)28)34-25(36)33-15-2-5-35(6-3-15)12-19(26)27/h8-11,15,19,30H,2-7,12,29H2,1H3,(H2,31,33,34,36). The number of rotatable bonds is 5. The Morgan fingerprint density at radius 1 is 1.24 bits per heavy atom. The number of hydrogen-bond acceptors (Lipinski definition) is 7. The van der Waals surface area contributed by atoms with Gasteiger partial charge in [-0.3, -0.25) is 10.2 Å². The second-order valence-electron chi connectivity index (χ2n) is 9.26. The van der Waals surface area contributed by atoms with E-state index < -0.39 is 18.3 Å². The third-order valence-corrected chi connectivity index (χ3v) is 6.80. The first kappa shape index (κ1) is 24.9. The van der Waals surface area contributed by atoms with Gasteiger partial charge >= 0.3 is 6.03 Å². The van der Waals surface area contributed by atoms with Gasteiger partial charge in [-0.25, -0.2) is 27.9 Å². The van der Waals surface area contributed by atoms with Crippen molar-refractivity contribution in [3.8, 4) is 17.0 Å². The van der Waals surface area contributed by atoms with Crippen molar-refractivity contribution in [2.45, 2.75) is 32.2 Å². The molecule has 2 aliphatic rings. The van der Waals surface area contributed by atoms with E-state index in [9.17, 15) is 13.6 Å². The Bertz CT molecular complexity index is 1330. The number of aromatic nitrogens is 2. The fourth-order valence-corrected chi connectivity index (χ4v) is 4.85. The van der Waals surface area contributed by atoms with Gasteiger partial charge in [0.15, 0.2) is 5.82 Å². The number of urea groups is 1. The van der Waals surface area contributed by atoms with E-state index in [1.807, 2.05) is 6.92 Å². The Morgan fingerprint density at radius 3 is 2.78 bits per heavy atom. The van der Waals surface area contributed by atoms with E-state index >= 15 is 4.39 Å². The molecule has 2 amide bonds. The number of carbonyl (C=O) groups excluding carboxylic acids is 1. The molecule has 1 fully saturated rings. The zero-order chi connectivity index (χ0) is 26.1. The molecule has 12 heteroatoms. The first-order valence-corrected chi connectivity index (χ1v) is 12.1. The van der Waals surface area contributed by atoms with Gasteiger partial charge in [-0.1, -0.05) is 0 Å². The maximum atomic E-state index is 15.3. The number of fused-ring (bicyclic) bond motifs is 2. The van der Waals surface area contributed by atoms with E-state index in [4.69, 9.17) is 10.5 Å². The Balaban J connectivity index is 1.34. The lowest BCUT2D eigenvalue weighted by atomic mass is 9.97. The quantitative estimate of drug-likeness (QED) is 0.380. The van der Waals surface area contributed by atoms with Crippen LogP contribution in [0, 0.1) is 12.7 Å². The number of carbonyl (C=O) groups is 1. The van der Waals surface area contributed by atoms with Crippen molar-refractivity contribution in [2.75, 3.05) is 49.2 Å². The molecule has 2 aromatic heterocycles. The number of hydrogen-bond donors (Lipinski definition) is 4. The lowest BCUT2D eigenvalue weighted by Gasteiger charge is -2.31. The summed E-state index contributed by atoms with van der Waals surface area (Å²) in [6, 6.07) is 2.71. The molecule has 0 atom stereocenters. The number of anilines is 3. The number of amides is 2. The Hall–Kier alpha value is -3.80. The monoisotopic (exact) mass is 515 g/mol. The van der Waals surface area contributed by atoms with Crippen LogP contribution in [0.25, 0.3) is 21.9 Å². The third kappa shape index (κ3) is 5.19. The molecule has 4 heterocycles. The summed E-state index contributed by atoms with van der Waals surface area (Å²) < 4.78 is 46.0. The van der Waals surface area contributed by atoms with Gasteiger partial charge in [-0.15, -0.1) is 0 Å². The van der Waals surface area contributed by atoms with Gasteiger partial charge in [0.2, 0.25) is 5.88 Å². The summed E-state index contributed by atoms with van der Waals surface area (Å²) in [5.74, 6) is 0.169. The minimum absolute atomic E-state index is 0.0483. The maximum Gasteiger partial charge on any atom is 0.320 e. The summed E-state index contributed by atoms with van der Waals surface area (Å²) in [6.07, 6.45) is 1.78. The van der Waals surface area contributed by atoms with E-state index in [-0.39, 0.29) is 29.7 Å². The number of benzene rings is 1. The van der Waals surface area contributed by atoms with Gasteiger partial charge in [0, 0.05) is 54.6 Å². The second-order valence-corrected chi connectivity index (χ2v) is 9.26. The van der Waals surface area contributed by atoms with Crippen LogP contribution in [-0.2, 0) is 0 Å². The highest BCUT2D eigenvalue weighted by molar-refractivity contribution is 6.00. The molecule has 0 radical (unpaired) electrons. The zero-order valence-electron chi connectivity index (χ0n) is 20.3. The average molecular weight is 516 g/mol. The van der Waals surface area contributed by atoms with Crippen LogP contribution in [0.3, 0.4) is 0 Å². The van der Waals surface area contributed by atoms with Crippen molar-refractivity contribution in [3.05, 3.63) is 35.9 Å². The van der Waals surface area contributed by atoms with Gasteiger partial charge in [-0.05, 0) is 42.8 Å². The summed E-state index contributed by atoms with van der Waals surface area (Å²) in [7, 11) is 0. The maximum absolute atomic E-state index is 15.3. The van der Waals surface area contributed by atoms with Crippen LogP contribution in [-0.4, -0.2) is 66.2 Å². The van der Waals surface area contributed by atoms with Crippen LogP contribution >= 0.6 is 0 Å². The zero-order valence-corrected chi connectivity index (χ0v) is 20.3. The smallest absolute Gasteiger partial charge is 0.320 e. The van der Waals surface area contributed by atoms with Crippen molar-refractivity contribution in [3.63, 3.8) is 0 Å². The van der Waals surface area contributed by atoms with Crippen LogP contribution in [0.4, 0.5) is 35.2 Å². The Kier molecular flexibility index (Phi) is 6.92. The molecule has 0 unspecified atom stereocenters. The van der Waals surface area contributed by atoms with E-state index in [0.29, 0.717) is 61.3 Å². The highest BCUT2D eigenvalue weighted by Crippen LogP contribution is 2.39. The van der Waals surface area contributed by atoms with E-state index in [1.54, 1.807) is 23.2 Å². The SMILES string of the molecule is Cc1c(-c2cc3cc(NC(=O)NC4CCN(CC(F)F)CC4)ncc3c(N)c2F)cnc2c1NCCO2. The first-order chi connectivity index (χ1) is 17.8. The summed E-state index contributed by atoms with van der Waals surface area (Å²) in [6.45, 7) is 3.73. The van der Waals surface area contributed by atoms with Crippen LogP contribution in [0.15, 0.2) is 24.5 Å². The molecule has 1 saturated heterocycles. The lowest BCUT2D eigenvalue weighted by Crippen LogP contribution is -2.46. The van der Waals surface area contributed by atoms with Gasteiger partial charge in [0.1, 0.15) is 18.1 Å². The highest BCUT2D eigenvalue weighted by Gasteiger charge is 2.24. The largest absolute Gasteiger partial charge is 0.474 e. The predicted molar refractivity (Wildman–Crippen MR) is 136 cm³/mol. The average Bonchev–Trinajstić information content (AvgIpc) is 2.87. The number of nitrogens with one attached hydrogen (secondary N) is 3. The fraction of sp³-hybridized carbons (Fsp3) is 0.400. The fourth-order valence-electron chi connectivity index (χ4n) is 4.85. The van der Waals surface area contributed by atoms with Crippen LogP contribution in [0.2, 0.25) is 0 Å². The molecule has 0 spiro atoms. The van der Waals surface area contributed by atoms with E-state index in [0.717, 1.165) is 11.3 Å². The number of pyridine rings is 2. The number of nitrogens with two attached hydrogens (primary N) is 1. The predicted octanol–water partition coefficient (Wildman–Crippen LogP) is 3.98. The number of alkyl halides is 2. The number of likely N-dealkylation sites (tertiary alicyclic amines) is 1. The molecule has 5 N–H and O–H groups in total. The van der Waals surface area contributed by atoms with Gasteiger partial charge in [-0.2, -0.15) is 0 Å². The van der Waals surface area contributed by atoms with E-state index in [2.05, 4.69) is 25.9 Å². The summed E-state index contributed by atoms with van der Waals surface area (Å²) >= 11 is 0. The molecule has 1 aromatic carbocycles. The molecular weight excluding hydrogens is 487 g/mol. The summed E-state index contributed by atoms with van der Waals surface area (Å²) in [5, 5.41) is 9.83. The summed E-state index contributed by atoms with van der Waals surface area (Å²) in [5.41, 5.74) is 8.44. The Labute approximate surface area is 211 Å². The number of nitrogen functional groups attached to an aromatic ring is 1. The highest BCUT2D eigenvalue weighted by atomic mass is 19.3. The second kappa shape index (κ2) is 10.3. The van der Waals surface area contributed by atoms with Gasteiger partial charge < -0.3 is 21.1 Å². The van der Waals surface area contributed by atoms with Crippen molar-refractivity contribution in [1.82, 2.24) is 20.2 Å². The van der Waals surface area contributed by atoms with Crippen LogP contribution < -0.4 is 26.4 Å². The molecule has 3 aromatic rings. The lowest BCUT2D eigenvalue weighted by molar-refractivity contribution is 0.0739. The molecule has 196 valence electrons. The number of nitrogens with zero attached hydrogens (tertiary/aromatic N) is 3. The van der Waals surface area contributed by atoms with Crippen LogP contribution in [0.5, 0.6) is 5.88 Å². The van der Waals surface area contributed by atoms with Gasteiger partial charge in [0.25, 0.3) is 6.43 Å². The topological polar surface area (TPSA) is 117 Å². The van der Waals surface area contributed by atoms with Crippen molar-refractivity contribution >= 4 is 34.0 Å². The number of piperidine rings is 1. The normalized spacial score (nSPS) is 16.2. The third-order valence-electron chi connectivity index (χ3n) is 6.80. The van der Waals surface area contributed by atoms with Crippen LogP contribution in [0.1, 0.15) is 18.4 Å². The summed E-state index contributed by atoms with van der Waals surface area (Å²) in [4.78, 5) is 22.8. The molecule has 37 heavy (non-hydrogen) atoms.